The van der Waals surface area contributed by atoms with Crippen molar-refractivity contribution in [3.8, 4) is 0 Å². The molecule has 0 bridgehead atoms. The number of nitrogens with zero attached hydrogens (tertiary/aromatic N) is 1. The van der Waals surface area contributed by atoms with E-state index in [4.69, 9.17) is 0 Å². The van der Waals surface area contributed by atoms with Crippen molar-refractivity contribution in [3.63, 3.8) is 0 Å². The van der Waals surface area contributed by atoms with E-state index in [1.165, 1.54) is 6.66 Å². The average molecular weight is 268 g/mol. The van der Waals surface area contributed by atoms with Gasteiger partial charge >= 0.3 is 6.57 Å². The predicted octanol–water partition coefficient (Wildman–Crippen LogP) is 2.56. The molecule has 0 saturated heterocycles. The summed E-state index contributed by atoms with van der Waals surface area (Å²) in [4.78, 5) is 12.0. The van der Waals surface area contributed by atoms with Crippen molar-refractivity contribution in [2.24, 2.45) is 0 Å². The van der Waals surface area contributed by atoms with Crippen molar-refractivity contribution >= 4 is 17.1 Å². The third kappa shape index (κ3) is 5.72. The van der Waals surface area contributed by atoms with Gasteiger partial charge in [-0.15, -0.1) is 0 Å². The van der Waals surface area contributed by atoms with Crippen LogP contribution in [0.5, 0.6) is 0 Å². The van der Waals surface area contributed by atoms with Crippen LogP contribution in [0, 0.1) is 0 Å². The van der Waals surface area contributed by atoms with Crippen LogP contribution < -0.4 is 0 Å². The molecular formula is C11H27NO2PS+. The maximum Gasteiger partial charge on any atom is 0.390 e. The van der Waals surface area contributed by atoms with E-state index in [0.717, 1.165) is 18.1 Å². The summed E-state index contributed by atoms with van der Waals surface area (Å²) in [5, 5.41) is 0. The molecule has 16 heavy (non-hydrogen) atoms. The molecule has 0 aliphatic heterocycles. The fourth-order valence-electron chi connectivity index (χ4n) is 1.88. The molecule has 0 aromatic carbocycles. The van der Waals surface area contributed by atoms with Gasteiger partial charge in [-0.05, 0) is 34.6 Å². The molecule has 98 valence electrons. The second-order valence-corrected chi connectivity index (χ2v) is 11.8. The Morgan fingerprint density at radius 2 is 1.69 bits per heavy atom. The Morgan fingerprint density at radius 3 is 1.94 bits per heavy atom. The Hall–Kier alpha value is 0.500. The van der Waals surface area contributed by atoms with E-state index < -0.39 is 6.57 Å². The zero-order chi connectivity index (χ0) is 12.9. The van der Waals surface area contributed by atoms with E-state index in [1.807, 2.05) is 6.92 Å². The molecule has 0 saturated carbocycles. The van der Waals surface area contributed by atoms with Crippen LogP contribution in [0.1, 0.15) is 34.6 Å². The van der Waals surface area contributed by atoms with Gasteiger partial charge in [-0.25, -0.2) is 4.57 Å². The molecule has 0 aromatic heterocycles. The van der Waals surface area contributed by atoms with Crippen molar-refractivity contribution in [2.45, 2.75) is 46.7 Å². The van der Waals surface area contributed by atoms with Gasteiger partial charge in [0.1, 0.15) is 11.5 Å². The van der Waals surface area contributed by atoms with Gasteiger partial charge in [0.15, 0.2) is 0 Å². The van der Waals surface area contributed by atoms with Gasteiger partial charge in [0.25, 0.3) is 0 Å². The minimum absolute atomic E-state index is 0.333. The molecule has 0 amide bonds. The van der Waals surface area contributed by atoms with Gasteiger partial charge in [0.2, 0.25) is 0 Å². The summed E-state index contributed by atoms with van der Waals surface area (Å²) in [6, 6.07) is 0.995. The molecular weight excluding hydrogens is 241 g/mol. The van der Waals surface area contributed by atoms with Crippen molar-refractivity contribution in [1.29, 1.82) is 0 Å². The van der Waals surface area contributed by atoms with E-state index in [-0.39, 0.29) is 10.5 Å². The lowest BCUT2D eigenvalue weighted by atomic mass is 10.2. The minimum atomic E-state index is -2.89. The zero-order valence-electron chi connectivity index (χ0n) is 11.4. The van der Waals surface area contributed by atoms with E-state index in [1.54, 1.807) is 0 Å². The number of rotatable bonds is 7. The van der Waals surface area contributed by atoms with Crippen molar-refractivity contribution in [2.75, 3.05) is 24.7 Å². The van der Waals surface area contributed by atoms with Crippen LogP contribution >= 0.6 is 6.57 Å². The summed E-state index contributed by atoms with van der Waals surface area (Å²) >= 11 is 0. The van der Waals surface area contributed by atoms with Gasteiger partial charge in [-0.2, -0.15) is 0 Å². The van der Waals surface area contributed by atoms with E-state index in [9.17, 15) is 9.46 Å². The predicted molar refractivity (Wildman–Crippen MR) is 75.5 cm³/mol. The first-order valence-corrected chi connectivity index (χ1v) is 10.2. The lowest BCUT2D eigenvalue weighted by Gasteiger charge is -2.30. The molecule has 0 heterocycles. The van der Waals surface area contributed by atoms with Gasteiger partial charge in [-0.1, -0.05) is 0 Å². The first-order chi connectivity index (χ1) is 7.20. The highest BCUT2D eigenvalue weighted by atomic mass is 32.8. The molecule has 0 rings (SSSR count). The standard InChI is InChI=1S/C11H26NO2PS/c1-7-16(15(6,13)14)9-8-12(10(2)3)11(4)5/h10-11H,7-9H2,1-6H3/p+1. The zero-order valence-corrected chi connectivity index (χ0v) is 13.1. The largest absolute Gasteiger partial charge is 0.390 e. The molecule has 0 aromatic rings. The van der Waals surface area contributed by atoms with Crippen LogP contribution in [0.25, 0.3) is 0 Å². The van der Waals surface area contributed by atoms with Crippen LogP contribution in [0.15, 0.2) is 0 Å². The van der Waals surface area contributed by atoms with Crippen LogP contribution in [0.4, 0.5) is 0 Å². The summed E-state index contributed by atoms with van der Waals surface area (Å²) in [5.41, 5.74) is 0. The fraction of sp³-hybridized carbons (Fsp3) is 1.00. The first kappa shape index (κ1) is 16.5. The molecule has 0 aliphatic rings. The summed E-state index contributed by atoms with van der Waals surface area (Å²) in [6.07, 6.45) is 0. The molecule has 3 nitrogen and oxygen atoms in total. The summed E-state index contributed by atoms with van der Waals surface area (Å²) in [5.74, 6) is 1.66. The van der Waals surface area contributed by atoms with Gasteiger partial charge in [0, 0.05) is 18.6 Å². The minimum Gasteiger partial charge on any atom is -0.307 e. The maximum absolute atomic E-state index is 11.6. The first-order valence-electron chi connectivity index (χ1n) is 5.94. The van der Waals surface area contributed by atoms with Crippen LogP contribution in [0.2, 0.25) is 0 Å². The normalized spacial score (nSPS) is 18.1. The van der Waals surface area contributed by atoms with E-state index in [0.29, 0.717) is 12.1 Å². The Bertz CT molecular complexity index is 232. The van der Waals surface area contributed by atoms with Crippen molar-refractivity contribution in [1.82, 2.24) is 4.90 Å². The molecule has 0 fully saturated rings. The molecule has 2 atom stereocenters. The number of hydrogen-bond acceptors (Lipinski definition) is 2. The summed E-state index contributed by atoms with van der Waals surface area (Å²) < 4.78 is 11.6. The Morgan fingerprint density at radius 1 is 1.25 bits per heavy atom. The van der Waals surface area contributed by atoms with Gasteiger partial charge < -0.3 is 4.89 Å². The highest BCUT2D eigenvalue weighted by Gasteiger charge is 2.34. The quantitative estimate of drug-likeness (QED) is 0.570. The average Bonchev–Trinajstić information content (AvgIpc) is 2.08. The Balaban J connectivity index is 4.34. The van der Waals surface area contributed by atoms with Crippen molar-refractivity contribution < 1.29 is 9.46 Å². The second kappa shape index (κ2) is 7.05. The van der Waals surface area contributed by atoms with Crippen LogP contribution in [0.3, 0.4) is 0 Å². The summed E-state index contributed by atoms with van der Waals surface area (Å²) in [6.45, 7) is 10.2. The fourth-order valence-corrected chi connectivity index (χ4v) is 6.10. The lowest BCUT2D eigenvalue weighted by molar-refractivity contribution is 0.187. The Kier molecular flexibility index (Phi) is 7.27. The molecule has 1 N–H and O–H groups in total. The smallest absolute Gasteiger partial charge is 0.307 e. The second-order valence-electron chi connectivity index (χ2n) is 4.68. The molecule has 0 radical (unpaired) electrons. The van der Waals surface area contributed by atoms with E-state index >= 15 is 0 Å². The molecule has 0 aliphatic carbocycles. The highest BCUT2D eigenvalue weighted by molar-refractivity contribution is 8.53. The topological polar surface area (TPSA) is 40.5 Å². The molecule has 2 unspecified atom stereocenters. The van der Waals surface area contributed by atoms with Crippen molar-refractivity contribution in [3.05, 3.63) is 0 Å². The van der Waals surface area contributed by atoms with Crippen LogP contribution in [-0.2, 0) is 15.1 Å². The Labute approximate surface area is 103 Å². The van der Waals surface area contributed by atoms with Crippen LogP contribution in [-0.4, -0.2) is 46.6 Å². The monoisotopic (exact) mass is 268 g/mol. The lowest BCUT2D eigenvalue weighted by Crippen LogP contribution is -2.40. The highest BCUT2D eigenvalue weighted by Crippen LogP contribution is 2.45. The summed E-state index contributed by atoms with van der Waals surface area (Å²) in [7, 11) is -0.333. The third-order valence-corrected chi connectivity index (χ3v) is 9.20. The number of hydrogen-bond donors (Lipinski definition) is 1. The molecule has 0 spiro atoms. The molecule has 5 heteroatoms. The van der Waals surface area contributed by atoms with E-state index in [2.05, 4.69) is 32.6 Å². The van der Waals surface area contributed by atoms with Gasteiger partial charge in [-0.3, -0.25) is 4.90 Å². The van der Waals surface area contributed by atoms with Gasteiger partial charge in [0.05, 0.1) is 17.2 Å². The SMILES string of the molecule is CC[S+](CCN(C(C)C)C(C)C)P(C)(=O)O. The maximum atomic E-state index is 11.6. The third-order valence-electron chi connectivity index (χ3n) is 2.72.